The minimum absolute atomic E-state index is 0.0975. The topological polar surface area (TPSA) is 75.3 Å². The van der Waals surface area contributed by atoms with Gasteiger partial charge in [-0.1, -0.05) is 0 Å². The molecule has 0 radical (unpaired) electrons. The summed E-state index contributed by atoms with van der Waals surface area (Å²) in [4.78, 5) is 31.1. The molecule has 0 aliphatic heterocycles. The smallest absolute Gasteiger partial charge is 0.325 e. The van der Waals surface area contributed by atoms with Crippen LogP contribution in [0.15, 0.2) is 10.9 Å². The van der Waals surface area contributed by atoms with Crippen LogP contribution in [0.5, 0.6) is 0 Å². The van der Waals surface area contributed by atoms with Crippen molar-refractivity contribution in [2.45, 2.75) is 20.8 Å². The van der Waals surface area contributed by atoms with E-state index in [0.717, 1.165) is 0 Å². The van der Waals surface area contributed by atoms with Crippen LogP contribution < -0.4 is 10.5 Å². The maximum Gasteiger partial charge on any atom is 0.325 e. The summed E-state index contributed by atoms with van der Waals surface area (Å²) < 4.78 is 4.86. The zero-order valence-corrected chi connectivity index (χ0v) is 10.3. The van der Waals surface area contributed by atoms with Gasteiger partial charge in [0.2, 0.25) is 0 Å². The molecule has 6 heteroatoms. The van der Waals surface area contributed by atoms with Crippen molar-refractivity contribution < 1.29 is 9.53 Å². The first-order chi connectivity index (χ1) is 8.06. The Balaban J connectivity index is 2.86. The van der Waals surface area contributed by atoms with Crippen molar-refractivity contribution in [3.05, 3.63) is 22.2 Å². The highest BCUT2D eigenvalue weighted by molar-refractivity contribution is 5.75. The maximum atomic E-state index is 11.4. The van der Waals surface area contributed by atoms with Crippen LogP contribution in [0.25, 0.3) is 0 Å². The molecule has 17 heavy (non-hydrogen) atoms. The zero-order chi connectivity index (χ0) is 12.8. The lowest BCUT2D eigenvalue weighted by molar-refractivity contribution is -0.141. The van der Waals surface area contributed by atoms with Crippen molar-refractivity contribution in [3.63, 3.8) is 0 Å². The Morgan fingerprint density at radius 1 is 1.53 bits per heavy atom. The number of hydrogen-bond donors (Lipinski definition) is 1. The Bertz CT molecular complexity index is 442. The summed E-state index contributed by atoms with van der Waals surface area (Å²) in [5.41, 5.74) is -0.227. The molecule has 1 aromatic rings. The van der Waals surface area contributed by atoms with E-state index in [9.17, 15) is 9.59 Å². The minimum Gasteiger partial charge on any atom is -0.465 e. The first kappa shape index (κ1) is 13.2. The van der Waals surface area contributed by atoms with Gasteiger partial charge in [0.15, 0.2) is 0 Å². The first-order valence-electron chi connectivity index (χ1n) is 5.55. The second-order valence-corrected chi connectivity index (χ2v) is 3.51. The lowest BCUT2D eigenvalue weighted by Gasteiger charge is -2.20. The molecule has 0 aliphatic carbocycles. The van der Waals surface area contributed by atoms with Crippen LogP contribution in [0.4, 0.5) is 5.82 Å². The number of aromatic amines is 1. The van der Waals surface area contributed by atoms with Crippen molar-refractivity contribution in [1.29, 1.82) is 0 Å². The van der Waals surface area contributed by atoms with Gasteiger partial charge in [0.05, 0.1) is 6.61 Å². The number of H-pyrrole nitrogens is 1. The quantitative estimate of drug-likeness (QED) is 0.756. The summed E-state index contributed by atoms with van der Waals surface area (Å²) in [5.74, 6) is 0.686. The fourth-order valence-corrected chi connectivity index (χ4v) is 1.44. The van der Waals surface area contributed by atoms with Gasteiger partial charge in [-0.3, -0.25) is 9.59 Å². The number of carbonyl (C=O) groups is 1. The molecule has 6 nitrogen and oxygen atoms in total. The van der Waals surface area contributed by atoms with Gasteiger partial charge in [-0.05, 0) is 20.8 Å². The number of aryl methyl sites for hydroxylation is 1. The summed E-state index contributed by atoms with van der Waals surface area (Å²) in [5, 5.41) is 0. The SMILES string of the molecule is CCOC(=O)CN(CC)c1cc(=O)[nH]c(C)n1. The summed E-state index contributed by atoms with van der Waals surface area (Å²) in [6.45, 7) is 6.36. The fourth-order valence-electron chi connectivity index (χ4n) is 1.44. The third-order valence-corrected chi connectivity index (χ3v) is 2.18. The molecule has 0 spiro atoms. The van der Waals surface area contributed by atoms with Gasteiger partial charge in [-0.25, -0.2) is 4.98 Å². The molecule has 1 rings (SSSR count). The maximum absolute atomic E-state index is 11.4. The number of ether oxygens (including phenoxy) is 1. The molecule has 0 fully saturated rings. The van der Waals surface area contributed by atoms with Crippen LogP contribution in [-0.2, 0) is 9.53 Å². The zero-order valence-electron chi connectivity index (χ0n) is 10.3. The number of nitrogens with zero attached hydrogens (tertiary/aromatic N) is 2. The summed E-state index contributed by atoms with van der Waals surface area (Å²) in [7, 11) is 0. The van der Waals surface area contributed by atoms with E-state index in [1.807, 2.05) is 6.92 Å². The van der Waals surface area contributed by atoms with E-state index in [0.29, 0.717) is 24.8 Å². The van der Waals surface area contributed by atoms with E-state index in [4.69, 9.17) is 4.74 Å². The number of carbonyl (C=O) groups excluding carboxylic acids is 1. The van der Waals surface area contributed by atoms with Gasteiger partial charge in [-0.2, -0.15) is 0 Å². The van der Waals surface area contributed by atoms with Crippen molar-refractivity contribution in [2.75, 3.05) is 24.6 Å². The largest absolute Gasteiger partial charge is 0.465 e. The Morgan fingerprint density at radius 3 is 2.76 bits per heavy atom. The Kier molecular flexibility index (Phi) is 4.68. The lowest BCUT2D eigenvalue weighted by Crippen LogP contribution is -2.32. The standard InChI is InChI=1S/C11H17N3O3/c1-4-14(7-11(16)17-5-2)9-6-10(15)13-8(3)12-9/h6H,4-5,7H2,1-3H3,(H,12,13,15). The van der Waals surface area contributed by atoms with Gasteiger partial charge in [0.1, 0.15) is 18.2 Å². The molecule has 0 saturated carbocycles. The van der Waals surface area contributed by atoms with Gasteiger partial charge in [-0.15, -0.1) is 0 Å². The average molecular weight is 239 g/mol. The van der Waals surface area contributed by atoms with Crippen molar-refractivity contribution in [1.82, 2.24) is 9.97 Å². The Morgan fingerprint density at radius 2 is 2.24 bits per heavy atom. The first-order valence-corrected chi connectivity index (χ1v) is 5.55. The van der Waals surface area contributed by atoms with E-state index in [-0.39, 0.29) is 18.1 Å². The molecule has 1 aromatic heterocycles. The molecule has 0 saturated heterocycles. The molecule has 0 aliphatic rings. The van der Waals surface area contributed by atoms with Crippen LogP contribution in [0.1, 0.15) is 19.7 Å². The number of nitrogens with one attached hydrogen (secondary N) is 1. The third-order valence-electron chi connectivity index (χ3n) is 2.18. The number of esters is 1. The van der Waals surface area contributed by atoms with Gasteiger partial charge < -0.3 is 14.6 Å². The van der Waals surface area contributed by atoms with Crippen LogP contribution in [0.3, 0.4) is 0 Å². The predicted molar refractivity (Wildman–Crippen MR) is 64.1 cm³/mol. The monoisotopic (exact) mass is 239 g/mol. The molecule has 0 aromatic carbocycles. The fraction of sp³-hybridized carbons (Fsp3) is 0.545. The van der Waals surface area contributed by atoms with Gasteiger partial charge in [0, 0.05) is 12.6 Å². The van der Waals surface area contributed by atoms with Gasteiger partial charge in [0.25, 0.3) is 5.56 Å². The number of likely N-dealkylation sites (N-methyl/N-ethyl adjacent to an activating group) is 1. The van der Waals surface area contributed by atoms with Crippen LogP contribution in [0.2, 0.25) is 0 Å². The Hall–Kier alpha value is -1.85. The van der Waals surface area contributed by atoms with E-state index < -0.39 is 0 Å². The second-order valence-electron chi connectivity index (χ2n) is 3.51. The third kappa shape index (κ3) is 3.90. The van der Waals surface area contributed by atoms with Crippen molar-refractivity contribution in [2.24, 2.45) is 0 Å². The van der Waals surface area contributed by atoms with E-state index in [2.05, 4.69) is 9.97 Å². The molecule has 0 amide bonds. The summed E-state index contributed by atoms with van der Waals surface area (Å²) in [6.07, 6.45) is 0. The van der Waals surface area contributed by atoms with E-state index >= 15 is 0 Å². The molecule has 94 valence electrons. The normalized spacial score (nSPS) is 10.1. The van der Waals surface area contributed by atoms with Crippen LogP contribution >= 0.6 is 0 Å². The van der Waals surface area contributed by atoms with E-state index in [1.54, 1.807) is 18.7 Å². The van der Waals surface area contributed by atoms with Crippen LogP contribution in [-0.4, -0.2) is 35.6 Å². The molecule has 0 atom stereocenters. The predicted octanol–water partition coefficient (Wildman–Crippen LogP) is 0.468. The number of hydrogen-bond acceptors (Lipinski definition) is 5. The second kappa shape index (κ2) is 6.03. The van der Waals surface area contributed by atoms with Crippen molar-refractivity contribution in [3.8, 4) is 0 Å². The van der Waals surface area contributed by atoms with Gasteiger partial charge >= 0.3 is 5.97 Å². The Labute approximate surface area is 99.6 Å². The van der Waals surface area contributed by atoms with E-state index in [1.165, 1.54) is 6.07 Å². The number of rotatable bonds is 5. The summed E-state index contributed by atoms with van der Waals surface area (Å²) >= 11 is 0. The molecule has 0 bridgehead atoms. The molecular weight excluding hydrogens is 222 g/mol. The molecule has 1 N–H and O–H groups in total. The molecule has 1 heterocycles. The highest BCUT2D eigenvalue weighted by Crippen LogP contribution is 2.07. The summed E-state index contributed by atoms with van der Waals surface area (Å²) in [6, 6.07) is 1.37. The van der Waals surface area contributed by atoms with Crippen molar-refractivity contribution >= 4 is 11.8 Å². The highest BCUT2D eigenvalue weighted by atomic mass is 16.5. The lowest BCUT2D eigenvalue weighted by atomic mass is 10.4. The average Bonchev–Trinajstić information content (AvgIpc) is 2.24. The van der Waals surface area contributed by atoms with Crippen LogP contribution in [0, 0.1) is 6.92 Å². The minimum atomic E-state index is -0.325. The number of anilines is 1. The molecular formula is C11H17N3O3. The molecule has 0 unspecified atom stereocenters. The number of aromatic nitrogens is 2. The highest BCUT2D eigenvalue weighted by Gasteiger charge is 2.12.